The number of carbonyl (C=O) groups excluding carboxylic acids is 2. The van der Waals surface area contributed by atoms with Gasteiger partial charge in [0.25, 0.3) is 5.91 Å². The highest BCUT2D eigenvalue weighted by Crippen LogP contribution is 2.45. The lowest BCUT2D eigenvalue weighted by atomic mass is 9.93. The number of rotatable bonds is 7. The SMILES string of the molecule is CCCCCC1(O)OC(=C=O)C(C(=O)NOC)=C1c1cc2cc(Br)ccc2[nH]1. The Labute approximate surface area is 170 Å². The summed E-state index contributed by atoms with van der Waals surface area (Å²) in [4.78, 5) is 32.0. The fraction of sp³-hybridized carbons (Fsp3) is 0.350. The van der Waals surface area contributed by atoms with Crippen molar-refractivity contribution in [3.05, 3.63) is 45.8 Å². The molecule has 148 valence electrons. The Kier molecular flexibility index (Phi) is 6.05. The van der Waals surface area contributed by atoms with Crippen LogP contribution in [0.25, 0.3) is 16.5 Å². The first kappa shape index (κ1) is 20.4. The van der Waals surface area contributed by atoms with Gasteiger partial charge in [0.2, 0.25) is 11.5 Å². The molecule has 1 aliphatic rings. The quantitative estimate of drug-likeness (QED) is 0.342. The van der Waals surface area contributed by atoms with E-state index in [0.717, 1.165) is 28.2 Å². The van der Waals surface area contributed by atoms with Crippen molar-refractivity contribution >= 4 is 44.3 Å². The molecule has 0 fully saturated rings. The van der Waals surface area contributed by atoms with E-state index in [9.17, 15) is 14.7 Å². The number of benzene rings is 1. The van der Waals surface area contributed by atoms with Gasteiger partial charge < -0.3 is 14.8 Å². The van der Waals surface area contributed by atoms with Crippen molar-refractivity contribution in [3.63, 3.8) is 0 Å². The van der Waals surface area contributed by atoms with Crippen LogP contribution in [0, 0.1) is 0 Å². The summed E-state index contributed by atoms with van der Waals surface area (Å²) >= 11 is 3.43. The van der Waals surface area contributed by atoms with Crippen molar-refractivity contribution in [1.29, 1.82) is 0 Å². The molecule has 2 aromatic rings. The highest BCUT2D eigenvalue weighted by atomic mass is 79.9. The summed E-state index contributed by atoms with van der Waals surface area (Å²) < 4.78 is 6.44. The number of unbranched alkanes of at least 4 members (excludes halogenated alkanes) is 2. The van der Waals surface area contributed by atoms with Crippen molar-refractivity contribution in [2.75, 3.05) is 7.11 Å². The Balaban J connectivity index is 2.19. The van der Waals surface area contributed by atoms with Crippen LogP contribution in [-0.4, -0.2) is 34.8 Å². The Hall–Kier alpha value is -2.38. The molecule has 1 unspecified atom stereocenters. The lowest BCUT2D eigenvalue weighted by Crippen LogP contribution is -2.30. The van der Waals surface area contributed by atoms with E-state index in [1.165, 1.54) is 7.11 Å². The fourth-order valence-electron chi connectivity index (χ4n) is 3.39. The number of amides is 1. The van der Waals surface area contributed by atoms with Crippen molar-refractivity contribution in [3.8, 4) is 0 Å². The van der Waals surface area contributed by atoms with Crippen LogP contribution in [-0.2, 0) is 19.2 Å². The average molecular weight is 449 g/mol. The Morgan fingerprint density at radius 1 is 1.39 bits per heavy atom. The number of aromatic amines is 1. The second kappa shape index (κ2) is 8.32. The maximum Gasteiger partial charge on any atom is 0.280 e. The molecule has 7 nitrogen and oxygen atoms in total. The Morgan fingerprint density at radius 3 is 2.86 bits per heavy atom. The van der Waals surface area contributed by atoms with Crippen LogP contribution in [0.3, 0.4) is 0 Å². The molecule has 1 aromatic heterocycles. The standard InChI is InChI=1S/C20H21BrN2O5/c1-3-4-5-8-20(26)18(17(16(11-24)28-20)19(25)23-27-2)15-10-12-9-13(21)6-7-14(12)22-15/h6-7,9-10,22,26H,3-5,8H2,1-2H3,(H,23,25). The summed E-state index contributed by atoms with van der Waals surface area (Å²) in [5.41, 5.74) is 3.59. The van der Waals surface area contributed by atoms with Crippen LogP contribution in [0.4, 0.5) is 0 Å². The van der Waals surface area contributed by atoms with E-state index in [2.05, 4.69) is 26.4 Å². The number of hydrogen-bond acceptors (Lipinski definition) is 5. The van der Waals surface area contributed by atoms with Gasteiger partial charge in [-0.1, -0.05) is 35.7 Å². The number of hydroxylamine groups is 1. The van der Waals surface area contributed by atoms with Crippen molar-refractivity contribution in [2.45, 2.75) is 38.4 Å². The monoisotopic (exact) mass is 448 g/mol. The van der Waals surface area contributed by atoms with Crippen LogP contribution in [0.15, 0.2) is 40.1 Å². The number of aromatic nitrogens is 1. The van der Waals surface area contributed by atoms with Gasteiger partial charge in [0, 0.05) is 27.5 Å². The lowest BCUT2D eigenvalue weighted by Gasteiger charge is -2.25. The van der Waals surface area contributed by atoms with Crippen molar-refractivity contribution in [2.24, 2.45) is 0 Å². The van der Waals surface area contributed by atoms with E-state index in [1.54, 1.807) is 12.0 Å². The van der Waals surface area contributed by atoms with E-state index >= 15 is 0 Å². The number of aliphatic hydroxyl groups is 1. The van der Waals surface area contributed by atoms with Crippen LogP contribution in [0.1, 0.15) is 38.3 Å². The van der Waals surface area contributed by atoms with Crippen LogP contribution < -0.4 is 5.48 Å². The molecule has 0 spiro atoms. The van der Waals surface area contributed by atoms with Crippen molar-refractivity contribution in [1.82, 2.24) is 10.5 Å². The highest BCUT2D eigenvalue weighted by Gasteiger charge is 2.48. The van der Waals surface area contributed by atoms with E-state index in [0.29, 0.717) is 12.1 Å². The van der Waals surface area contributed by atoms with E-state index in [4.69, 9.17) is 9.57 Å². The largest absolute Gasteiger partial charge is 0.446 e. The molecule has 3 rings (SSSR count). The fourth-order valence-corrected chi connectivity index (χ4v) is 3.76. The zero-order valence-electron chi connectivity index (χ0n) is 15.6. The van der Waals surface area contributed by atoms with Crippen LogP contribution in [0.5, 0.6) is 0 Å². The summed E-state index contributed by atoms with van der Waals surface area (Å²) in [6.07, 6.45) is 2.71. The number of H-pyrrole nitrogens is 1. The highest BCUT2D eigenvalue weighted by molar-refractivity contribution is 9.10. The average Bonchev–Trinajstić information content (AvgIpc) is 3.19. The zero-order valence-corrected chi connectivity index (χ0v) is 17.2. The summed E-state index contributed by atoms with van der Waals surface area (Å²) in [7, 11) is 1.28. The van der Waals surface area contributed by atoms with Crippen molar-refractivity contribution < 1.29 is 24.3 Å². The molecule has 0 saturated heterocycles. The van der Waals surface area contributed by atoms with E-state index in [-0.39, 0.29) is 23.3 Å². The molecule has 1 aliphatic heterocycles. The molecule has 0 aliphatic carbocycles. The number of nitrogens with one attached hydrogen (secondary N) is 2. The lowest BCUT2D eigenvalue weighted by molar-refractivity contribution is -0.128. The molecule has 3 N–H and O–H groups in total. The Bertz CT molecular complexity index is 990. The molecule has 28 heavy (non-hydrogen) atoms. The van der Waals surface area contributed by atoms with Gasteiger partial charge in [-0.25, -0.2) is 10.3 Å². The molecule has 0 bridgehead atoms. The molecule has 0 radical (unpaired) electrons. The molecule has 8 heteroatoms. The molecular weight excluding hydrogens is 428 g/mol. The first-order valence-corrected chi connectivity index (χ1v) is 9.76. The Morgan fingerprint density at radius 2 is 2.18 bits per heavy atom. The number of carbonyl (C=O) groups is 1. The third-order valence-electron chi connectivity index (χ3n) is 4.62. The molecule has 1 atom stereocenters. The number of ether oxygens (including phenoxy) is 1. The minimum Gasteiger partial charge on any atom is -0.446 e. The molecule has 1 aromatic carbocycles. The van der Waals surface area contributed by atoms with Gasteiger partial charge in [-0.3, -0.25) is 9.63 Å². The maximum atomic E-state index is 12.6. The molecule has 1 amide bonds. The topological polar surface area (TPSA) is 101 Å². The molecular formula is C20H21BrN2O5. The summed E-state index contributed by atoms with van der Waals surface area (Å²) in [6.45, 7) is 2.04. The summed E-state index contributed by atoms with van der Waals surface area (Å²) in [5.74, 6) is -1.23. The van der Waals surface area contributed by atoms with Crippen LogP contribution >= 0.6 is 15.9 Å². The first-order chi connectivity index (χ1) is 13.4. The van der Waals surface area contributed by atoms with Gasteiger partial charge in [0.15, 0.2) is 5.94 Å². The predicted octanol–water partition coefficient (Wildman–Crippen LogP) is 3.38. The third-order valence-corrected chi connectivity index (χ3v) is 5.12. The number of halogens is 1. The predicted molar refractivity (Wildman–Crippen MR) is 107 cm³/mol. The maximum absolute atomic E-state index is 12.6. The van der Waals surface area contributed by atoms with Gasteiger partial charge in [-0.2, -0.15) is 0 Å². The van der Waals surface area contributed by atoms with Gasteiger partial charge in [-0.15, -0.1) is 0 Å². The normalized spacial score (nSPS) is 19.1. The molecule has 0 saturated carbocycles. The smallest absolute Gasteiger partial charge is 0.280 e. The van der Waals surface area contributed by atoms with Crippen LogP contribution in [0.2, 0.25) is 0 Å². The third kappa shape index (κ3) is 3.77. The minimum absolute atomic E-state index is 0.0959. The second-order valence-corrected chi connectivity index (χ2v) is 7.49. The number of fused-ring (bicyclic) bond motifs is 1. The first-order valence-electron chi connectivity index (χ1n) is 8.97. The molecule has 2 heterocycles. The van der Waals surface area contributed by atoms with E-state index < -0.39 is 11.7 Å². The van der Waals surface area contributed by atoms with Gasteiger partial charge in [-0.05, 0) is 30.7 Å². The second-order valence-electron chi connectivity index (χ2n) is 6.57. The summed E-state index contributed by atoms with van der Waals surface area (Å²) in [6, 6.07) is 7.47. The summed E-state index contributed by atoms with van der Waals surface area (Å²) in [5, 5.41) is 12.1. The van der Waals surface area contributed by atoms with Gasteiger partial charge >= 0.3 is 0 Å². The van der Waals surface area contributed by atoms with Gasteiger partial charge in [0.1, 0.15) is 5.57 Å². The van der Waals surface area contributed by atoms with E-state index in [1.807, 2.05) is 25.1 Å². The number of hydrogen-bond donors (Lipinski definition) is 3. The van der Waals surface area contributed by atoms with Gasteiger partial charge in [0.05, 0.1) is 12.7 Å². The zero-order chi connectivity index (χ0) is 20.3. The minimum atomic E-state index is -1.82.